The summed E-state index contributed by atoms with van der Waals surface area (Å²) < 4.78 is 0. The smallest absolute Gasteiger partial charge is 0.0942 e. The number of nitrogens with one attached hydrogen (secondary N) is 1. The predicted molar refractivity (Wildman–Crippen MR) is 63.0 cm³/mol. The Balaban J connectivity index is 1.83. The lowest BCUT2D eigenvalue weighted by atomic mass is 10.3. The molecule has 2 aromatic rings. The Morgan fingerprint density at radius 2 is 2.33 bits per heavy atom. The maximum absolute atomic E-state index is 5.61. The van der Waals surface area contributed by atoms with Gasteiger partial charge in [0.1, 0.15) is 0 Å². The third-order valence-corrected chi connectivity index (χ3v) is 2.75. The molecular weight excluding hydrogens is 208 g/mol. The van der Waals surface area contributed by atoms with E-state index in [1.54, 1.807) is 23.7 Å². The zero-order chi connectivity index (χ0) is 10.5. The maximum Gasteiger partial charge on any atom is 0.0942 e. The number of hydrogen-bond donors (Lipinski definition) is 2. The van der Waals surface area contributed by atoms with Crippen LogP contribution < -0.4 is 11.1 Å². The molecule has 0 spiro atoms. The van der Waals surface area contributed by atoms with Crippen molar-refractivity contribution in [2.45, 2.75) is 6.42 Å². The summed E-state index contributed by atoms with van der Waals surface area (Å²) in [6, 6.07) is 1.87. The highest BCUT2D eigenvalue weighted by Crippen LogP contribution is 2.10. The average Bonchev–Trinajstić information content (AvgIpc) is 2.71. The van der Waals surface area contributed by atoms with Gasteiger partial charge >= 0.3 is 0 Å². The van der Waals surface area contributed by atoms with Crippen molar-refractivity contribution in [2.24, 2.45) is 0 Å². The van der Waals surface area contributed by atoms with Crippen LogP contribution in [0.15, 0.2) is 30.0 Å². The second-order valence-electron chi connectivity index (χ2n) is 3.11. The molecule has 2 rings (SSSR count). The Morgan fingerprint density at radius 3 is 3.07 bits per heavy atom. The first kappa shape index (κ1) is 9.92. The van der Waals surface area contributed by atoms with Gasteiger partial charge in [-0.1, -0.05) is 0 Å². The third kappa shape index (κ3) is 2.92. The zero-order valence-electron chi connectivity index (χ0n) is 8.18. The summed E-state index contributed by atoms with van der Waals surface area (Å²) in [5, 5.41) is 6.37. The van der Waals surface area contributed by atoms with Gasteiger partial charge < -0.3 is 11.1 Å². The molecule has 0 saturated heterocycles. The molecule has 0 aliphatic carbocycles. The molecule has 0 bridgehead atoms. The monoisotopic (exact) mass is 220 g/mol. The number of pyridine rings is 1. The number of aromatic nitrogens is 2. The Bertz CT molecular complexity index is 413. The van der Waals surface area contributed by atoms with Crippen LogP contribution in [0.3, 0.4) is 0 Å². The van der Waals surface area contributed by atoms with Crippen molar-refractivity contribution < 1.29 is 0 Å². The average molecular weight is 220 g/mol. The van der Waals surface area contributed by atoms with Crippen LogP contribution in [0.5, 0.6) is 0 Å². The minimum absolute atomic E-state index is 0.675. The number of nitrogen functional groups attached to an aromatic ring is 1. The van der Waals surface area contributed by atoms with Crippen molar-refractivity contribution in [1.82, 2.24) is 9.97 Å². The van der Waals surface area contributed by atoms with Crippen molar-refractivity contribution in [3.05, 3.63) is 35.0 Å². The van der Waals surface area contributed by atoms with Crippen LogP contribution >= 0.6 is 11.3 Å². The molecule has 0 aliphatic heterocycles. The first-order valence-corrected chi connectivity index (χ1v) is 5.55. The van der Waals surface area contributed by atoms with Crippen LogP contribution in [0.2, 0.25) is 0 Å². The van der Waals surface area contributed by atoms with Gasteiger partial charge in [-0.25, -0.2) is 4.98 Å². The maximum atomic E-state index is 5.61. The van der Waals surface area contributed by atoms with Gasteiger partial charge in [-0.2, -0.15) is 0 Å². The molecule has 3 N–H and O–H groups in total. The standard InChI is InChI=1S/C10H12N4S/c11-8-5-9(7-12-6-8)13-2-1-10-14-3-4-15-10/h3-7,13H,1-2,11H2. The molecule has 78 valence electrons. The Labute approximate surface area is 92.2 Å². The molecule has 0 radical (unpaired) electrons. The van der Waals surface area contributed by atoms with Crippen molar-refractivity contribution in [3.8, 4) is 0 Å². The normalized spacial score (nSPS) is 10.1. The van der Waals surface area contributed by atoms with Crippen molar-refractivity contribution in [1.29, 1.82) is 0 Å². The van der Waals surface area contributed by atoms with E-state index in [1.165, 1.54) is 0 Å². The van der Waals surface area contributed by atoms with E-state index in [0.717, 1.165) is 23.7 Å². The van der Waals surface area contributed by atoms with Gasteiger partial charge in [0.2, 0.25) is 0 Å². The van der Waals surface area contributed by atoms with Crippen molar-refractivity contribution >= 4 is 22.7 Å². The molecule has 15 heavy (non-hydrogen) atoms. The molecule has 4 nitrogen and oxygen atoms in total. The third-order valence-electron chi connectivity index (χ3n) is 1.91. The van der Waals surface area contributed by atoms with Crippen LogP contribution in [0.25, 0.3) is 0 Å². The van der Waals surface area contributed by atoms with Crippen LogP contribution in [-0.2, 0) is 6.42 Å². The van der Waals surface area contributed by atoms with E-state index in [2.05, 4.69) is 15.3 Å². The molecular formula is C10H12N4S. The van der Waals surface area contributed by atoms with Crippen LogP contribution in [0, 0.1) is 0 Å². The van der Waals surface area contributed by atoms with E-state index in [-0.39, 0.29) is 0 Å². The van der Waals surface area contributed by atoms with E-state index in [0.29, 0.717) is 5.69 Å². The highest BCUT2D eigenvalue weighted by atomic mass is 32.1. The number of hydrogen-bond acceptors (Lipinski definition) is 5. The minimum atomic E-state index is 0.675. The van der Waals surface area contributed by atoms with Gasteiger partial charge in [0.05, 0.1) is 22.6 Å². The predicted octanol–water partition coefficient (Wildman–Crippen LogP) is 1.77. The summed E-state index contributed by atoms with van der Waals surface area (Å²) >= 11 is 1.67. The highest BCUT2D eigenvalue weighted by molar-refractivity contribution is 7.09. The van der Waals surface area contributed by atoms with E-state index >= 15 is 0 Å². The number of anilines is 2. The summed E-state index contributed by atoms with van der Waals surface area (Å²) in [6.45, 7) is 0.846. The Kier molecular flexibility index (Phi) is 3.14. The zero-order valence-corrected chi connectivity index (χ0v) is 9.00. The molecule has 2 heterocycles. The molecule has 0 atom stereocenters. The number of thiazole rings is 1. The Morgan fingerprint density at radius 1 is 1.40 bits per heavy atom. The number of rotatable bonds is 4. The molecule has 0 aliphatic rings. The summed E-state index contributed by atoms with van der Waals surface area (Å²) in [5.41, 5.74) is 7.24. The van der Waals surface area contributed by atoms with Crippen molar-refractivity contribution in [2.75, 3.05) is 17.6 Å². The van der Waals surface area contributed by atoms with E-state index < -0.39 is 0 Å². The summed E-state index contributed by atoms with van der Waals surface area (Å²) in [7, 11) is 0. The Hall–Kier alpha value is -1.62. The largest absolute Gasteiger partial charge is 0.397 e. The van der Waals surface area contributed by atoms with E-state index in [1.807, 2.05) is 17.6 Å². The van der Waals surface area contributed by atoms with Gasteiger partial charge in [-0.15, -0.1) is 11.3 Å². The fraction of sp³-hybridized carbons (Fsp3) is 0.200. The molecule has 2 aromatic heterocycles. The molecule has 0 aromatic carbocycles. The molecule has 0 saturated carbocycles. The van der Waals surface area contributed by atoms with E-state index in [9.17, 15) is 0 Å². The quantitative estimate of drug-likeness (QED) is 0.824. The summed E-state index contributed by atoms with van der Waals surface area (Å²) in [6.07, 6.45) is 6.14. The first-order chi connectivity index (χ1) is 7.34. The summed E-state index contributed by atoms with van der Waals surface area (Å²) in [5.74, 6) is 0. The molecule has 0 amide bonds. The van der Waals surface area contributed by atoms with Gasteiger partial charge in [0, 0.05) is 30.7 Å². The van der Waals surface area contributed by atoms with Crippen LogP contribution in [0.4, 0.5) is 11.4 Å². The first-order valence-electron chi connectivity index (χ1n) is 4.67. The summed E-state index contributed by atoms with van der Waals surface area (Å²) in [4.78, 5) is 8.20. The topological polar surface area (TPSA) is 63.8 Å². The van der Waals surface area contributed by atoms with Gasteiger partial charge in [-0.3, -0.25) is 4.98 Å². The number of nitrogens with two attached hydrogens (primary N) is 1. The molecule has 0 unspecified atom stereocenters. The molecule has 0 fully saturated rings. The fourth-order valence-corrected chi connectivity index (χ4v) is 1.87. The van der Waals surface area contributed by atoms with E-state index in [4.69, 9.17) is 5.73 Å². The molecule has 5 heteroatoms. The highest BCUT2D eigenvalue weighted by Gasteiger charge is 1.96. The number of nitrogens with zero attached hydrogens (tertiary/aromatic N) is 2. The minimum Gasteiger partial charge on any atom is -0.397 e. The second-order valence-corrected chi connectivity index (χ2v) is 4.09. The lowest BCUT2D eigenvalue weighted by Gasteiger charge is -2.04. The lowest BCUT2D eigenvalue weighted by Crippen LogP contribution is -2.05. The van der Waals surface area contributed by atoms with Crippen LogP contribution in [0.1, 0.15) is 5.01 Å². The van der Waals surface area contributed by atoms with Crippen molar-refractivity contribution in [3.63, 3.8) is 0 Å². The lowest BCUT2D eigenvalue weighted by molar-refractivity contribution is 0.996. The van der Waals surface area contributed by atoms with Gasteiger partial charge in [0.25, 0.3) is 0 Å². The fourth-order valence-electron chi connectivity index (χ4n) is 1.24. The second kappa shape index (κ2) is 4.75. The van der Waals surface area contributed by atoms with Crippen LogP contribution in [-0.4, -0.2) is 16.5 Å². The SMILES string of the molecule is Nc1cncc(NCCc2nccs2)c1. The van der Waals surface area contributed by atoms with Gasteiger partial charge in [0.15, 0.2) is 0 Å². The van der Waals surface area contributed by atoms with Gasteiger partial charge in [-0.05, 0) is 6.07 Å².